The van der Waals surface area contributed by atoms with Gasteiger partial charge >= 0.3 is 0 Å². The summed E-state index contributed by atoms with van der Waals surface area (Å²) in [4.78, 5) is 2.95. The van der Waals surface area contributed by atoms with Crippen LogP contribution in [0.25, 0.3) is 0 Å². The lowest BCUT2D eigenvalue weighted by Crippen LogP contribution is -2.29. The lowest BCUT2D eigenvalue weighted by atomic mass is 10.0. The summed E-state index contributed by atoms with van der Waals surface area (Å²) in [7, 11) is -3.40. The number of nitrogens with one attached hydrogen (secondary N) is 2. The molecule has 0 spiro atoms. The minimum Gasteiger partial charge on any atom is -0.396 e. The third kappa shape index (κ3) is 3.62. The Labute approximate surface area is 95.9 Å². The molecular weight excluding hydrogens is 228 g/mol. The van der Waals surface area contributed by atoms with Crippen LogP contribution in [-0.4, -0.2) is 31.7 Å². The van der Waals surface area contributed by atoms with Gasteiger partial charge in [-0.2, -0.15) is 0 Å². The van der Waals surface area contributed by atoms with Crippen molar-refractivity contribution in [3.8, 4) is 0 Å². The molecule has 0 aliphatic heterocycles. The van der Waals surface area contributed by atoms with Crippen molar-refractivity contribution in [3.05, 3.63) is 18.5 Å². The van der Waals surface area contributed by atoms with Gasteiger partial charge in [-0.25, -0.2) is 13.1 Å². The molecule has 1 heterocycles. The Bertz CT molecular complexity index is 386. The summed E-state index contributed by atoms with van der Waals surface area (Å²) in [5.41, 5.74) is 0. The van der Waals surface area contributed by atoms with E-state index >= 15 is 0 Å². The minimum atomic E-state index is -3.40. The molecule has 92 valence electrons. The fourth-order valence-electron chi connectivity index (χ4n) is 1.42. The summed E-state index contributed by atoms with van der Waals surface area (Å²) in [6.07, 6.45) is 4.47. The molecule has 0 fully saturated rings. The summed E-state index contributed by atoms with van der Waals surface area (Å²) in [6.45, 7) is 2.43. The lowest BCUT2D eigenvalue weighted by Gasteiger charge is -2.13. The van der Waals surface area contributed by atoms with E-state index in [1.807, 2.05) is 6.92 Å². The number of H-pyrrole nitrogens is 1. The van der Waals surface area contributed by atoms with E-state index in [0.717, 1.165) is 6.42 Å². The number of rotatable bonds is 7. The van der Waals surface area contributed by atoms with Crippen LogP contribution in [0.5, 0.6) is 0 Å². The monoisotopic (exact) mass is 246 g/mol. The van der Waals surface area contributed by atoms with Gasteiger partial charge in [-0.3, -0.25) is 0 Å². The normalized spacial score (nSPS) is 13.9. The summed E-state index contributed by atoms with van der Waals surface area (Å²) in [5.74, 6) is 0.179. The number of aliphatic hydroxyl groups is 1. The van der Waals surface area contributed by atoms with E-state index in [1.54, 1.807) is 6.20 Å². The number of aromatic amines is 1. The van der Waals surface area contributed by atoms with Crippen molar-refractivity contribution in [1.29, 1.82) is 0 Å². The summed E-state index contributed by atoms with van der Waals surface area (Å²) >= 11 is 0. The smallest absolute Gasteiger partial charge is 0.242 e. The number of aliphatic hydroxyl groups excluding tert-OH is 1. The molecule has 0 bridgehead atoms. The van der Waals surface area contributed by atoms with Crippen molar-refractivity contribution in [3.63, 3.8) is 0 Å². The van der Waals surface area contributed by atoms with Crippen LogP contribution >= 0.6 is 0 Å². The maximum absolute atomic E-state index is 11.7. The summed E-state index contributed by atoms with van der Waals surface area (Å²) < 4.78 is 26.0. The first-order valence-electron chi connectivity index (χ1n) is 5.33. The molecule has 0 amide bonds. The summed E-state index contributed by atoms with van der Waals surface area (Å²) in [5, 5.41) is 8.80. The van der Waals surface area contributed by atoms with Crippen LogP contribution in [0.4, 0.5) is 0 Å². The van der Waals surface area contributed by atoms with Gasteiger partial charge in [-0.1, -0.05) is 13.3 Å². The van der Waals surface area contributed by atoms with Gasteiger partial charge in [0, 0.05) is 25.5 Å². The van der Waals surface area contributed by atoms with E-state index in [9.17, 15) is 8.42 Å². The van der Waals surface area contributed by atoms with Gasteiger partial charge in [0.25, 0.3) is 0 Å². The van der Waals surface area contributed by atoms with Crippen molar-refractivity contribution in [1.82, 2.24) is 9.71 Å². The number of aromatic nitrogens is 1. The molecule has 1 atom stereocenters. The molecule has 0 aromatic carbocycles. The maximum atomic E-state index is 11.7. The molecule has 5 nitrogen and oxygen atoms in total. The lowest BCUT2D eigenvalue weighted by molar-refractivity contribution is 0.254. The van der Waals surface area contributed by atoms with E-state index in [4.69, 9.17) is 5.11 Å². The Morgan fingerprint density at radius 1 is 1.56 bits per heavy atom. The Kier molecular flexibility index (Phi) is 4.98. The van der Waals surface area contributed by atoms with Crippen LogP contribution in [0.2, 0.25) is 0 Å². The van der Waals surface area contributed by atoms with Gasteiger partial charge in [0.15, 0.2) is 0 Å². The second kappa shape index (κ2) is 6.03. The molecule has 0 radical (unpaired) electrons. The zero-order valence-corrected chi connectivity index (χ0v) is 10.1. The third-order valence-corrected chi connectivity index (χ3v) is 3.98. The Morgan fingerprint density at radius 3 is 2.81 bits per heavy atom. The van der Waals surface area contributed by atoms with Gasteiger partial charge in [-0.15, -0.1) is 0 Å². The Hall–Kier alpha value is -0.850. The highest BCUT2D eigenvalue weighted by Gasteiger charge is 2.16. The topological polar surface area (TPSA) is 82.2 Å². The predicted octanol–water partition coefficient (Wildman–Crippen LogP) is 0.702. The van der Waals surface area contributed by atoms with Crippen molar-refractivity contribution in [2.45, 2.75) is 24.7 Å². The molecule has 16 heavy (non-hydrogen) atoms. The molecule has 1 aromatic heterocycles. The maximum Gasteiger partial charge on any atom is 0.242 e. The molecule has 0 aliphatic rings. The van der Waals surface area contributed by atoms with Gasteiger partial charge in [0.05, 0.1) is 4.90 Å². The van der Waals surface area contributed by atoms with Crippen molar-refractivity contribution in [2.75, 3.05) is 13.2 Å². The predicted molar refractivity (Wildman–Crippen MR) is 61.5 cm³/mol. The van der Waals surface area contributed by atoms with Crippen LogP contribution in [-0.2, 0) is 10.0 Å². The van der Waals surface area contributed by atoms with Gasteiger partial charge < -0.3 is 10.1 Å². The Morgan fingerprint density at radius 2 is 2.31 bits per heavy atom. The van der Waals surface area contributed by atoms with Crippen molar-refractivity contribution in [2.24, 2.45) is 5.92 Å². The molecule has 0 saturated heterocycles. The average molecular weight is 246 g/mol. The second-order valence-corrected chi connectivity index (χ2v) is 5.45. The largest absolute Gasteiger partial charge is 0.396 e. The molecule has 0 aliphatic carbocycles. The van der Waals surface area contributed by atoms with Crippen LogP contribution in [0, 0.1) is 5.92 Å². The number of hydrogen-bond acceptors (Lipinski definition) is 3. The van der Waals surface area contributed by atoms with Crippen molar-refractivity contribution < 1.29 is 13.5 Å². The standard InChI is InChI=1S/C10H18N2O3S/c1-2-9(4-6-13)7-12-16(14,15)10-3-5-11-8-10/h3,5,8-9,11-13H,2,4,6-7H2,1H3. The van der Waals surface area contributed by atoms with E-state index in [0.29, 0.717) is 13.0 Å². The van der Waals surface area contributed by atoms with Crippen LogP contribution in [0.1, 0.15) is 19.8 Å². The SMILES string of the molecule is CCC(CCO)CNS(=O)(=O)c1cc[nH]c1. The number of sulfonamides is 1. The van der Waals surface area contributed by atoms with Crippen LogP contribution < -0.4 is 4.72 Å². The zero-order chi connectivity index (χ0) is 12.0. The fraction of sp³-hybridized carbons (Fsp3) is 0.600. The fourth-order valence-corrected chi connectivity index (χ4v) is 2.51. The van der Waals surface area contributed by atoms with E-state index < -0.39 is 10.0 Å². The highest BCUT2D eigenvalue weighted by molar-refractivity contribution is 7.89. The molecule has 1 aromatic rings. The van der Waals surface area contributed by atoms with E-state index in [1.165, 1.54) is 12.3 Å². The third-order valence-electron chi connectivity index (χ3n) is 2.56. The van der Waals surface area contributed by atoms with Gasteiger partial charge in [0.2, 0.25) is 10.0 Å². The highest BCUT2D eigenvalue weighted by Crippen LogP contribution is 2.10. The quantitative estimate of drug-likeness (QED) is 0.662. The van der Waals surface area contributed by atoms with Crippen LogP contribution in [0.3, 0.4) is 0 Å². The van der Waals surface area contributed by atoms with Gasteiger partial charge in [0.1, 0.15) is 0 Å². The zero-order valence-electron chi connectivity index (χ0n) is 9.31. The minimum absolute atomic E-state index is 0.0877. The van der Waals surface area contributed by atoms with Crippen LogP contribution in [0.15, 0.2) is 23.4 Å². The van der Waals surface area contributed by atoms with Gasteiger partial charge in [-0.05, 0) is 18.4 Å². The second-order valence-electron chi connectivity index (χ2n) is 3.69. The molecule has 1 unspecified atom stereocenters. The van der Waals surface area contributed by atoms with E-state index in [-0.39, 0.29) is 17.4 Å². The average Bonchev–Trinajstić information content (AvgIpc) is 2.78. The first-order chi connectivity index (χ1) is 7.60. The molecule has 6 heteroatoms. The first-order valence-corrected chi connectivity index (χ1v) is 6.81. The molecular formula is C10H18N2O3S. The first kappa shape index (κ1) is 13.2. The van der Waals surface area contributed by atoms with Crippen molar-refractivity contribution >= 4 is 10.0 Å². The highest BCUT2D eigenvalue weighted by atomic mass is 32.2. The summed E-state index contributed by atoms with van der Waals surface area (Å²) in [6, 6.07) is 1.51. The molecule has 1 rings (SSSR count). The molecule has 0 saturated carbocycles. The Balaban J connectivity index is 2.54. The molecule has 3 N–H and O–H groups in total. The van der Waals surface area contributed by atoms with E-state index in [2.05, 4.69) is 9.71 Å². The number of hydrogen-bond donors (Lipinski definition) is 3.